The van der Waals surface area contributed by atoms with Gasteiger partial charge in [-0.1, -0.05) is 0 Å². The summed E-state index contributed by atoms with van der Waals surface area (Å²) >= 11 is 0. The minimum absolute atomic E-state index is 0.00460. The first-order valence-electron chi connectivity index (χ1n) is 9.76. The molecular formula is C19H27N5O5S2. The molecule has 1 saturated heterocycles. The molecule has 31 heavy (non-hydrogen) atoms. The van der Waals surface area contributed by atoms with E-state index >= 15 is 0 Å². The van der Waals surface area contributed by atoms with Gasteiger partial charge in [0.2, 0.25) is 10.0 Å². The van der Waals surface area contributed by atoms with Gasteiger partial charge in [-0.15, -0.1) is 0 Å². The third-order valence-corrected chi connectivity index (χ3v) is 8.91. The molecule has 1 aliphatic heterocycles. The summed E-state index contributed by atoms with van der Waals surface area (Å²) in [6.07, 6.45) is 1.98. The van der Waals surface area contributed by atoms with Gasteiger partial charge in [-0.2, -0.15) is 4.31 Å². The summed E-state index contributed by atoms with van der Waals surface area (Å²) in [6.45, 7) is 2.83. The van der Waals surface area contributed by atoms with Gasteiger partial charge in [0.1, 0.15) is 5.82 Å². The van der Waals surface area contributed by atoms with Crippen molar-refractivity contribution in [2.45, 2.75) is 23.3 Å². The summed E-state index contributed by atoms with van der Waals surface area (Å²) in [6, 6.07) is 5.77. The van der Waals surface area contributed by atoms with Gasteiger partial charge >= 0.3 is 0 Å². The van der Waals surface area contributed by atoms with Crippen molar-refractivity contribution in [2.75, 3.05) is 40.3 Å². The van der Waals surface area contributed by atoms with Crippen molar-refractivity contribution in [3.63, 3.8) is 0 Å². The molecular weight excluding hydrogens is 442 g/mol. The molecule has 1 aromatic heterocycles. The highest BCUT2D eigenvalue weighted by atomic mass is 32.2. The smallest absolute Gasteiger partial charge is 0.262 e. The molecule has 0 unspecified atom stereocenters. The molecule has 0 spiro atoms. The molecule has 1 amide bonds. The molecule has 12 heteroatoms. The third-order valence-electron chi connectivity index (χ3n) is 5.31. The Morgan fingerprint density at radius 3 is 2.19 bits per heavy atom. The minimum Gasteiger partial charge on any atom is -0.337 e. The minimum atomic E-state index is -3.74. The third kappa shape index (κ3) is 4.66. The van der Waals surface area contributed by atoms with Crippen LogP contribution in [0.25, 0.3) is 0 Å². The lowest BCUT2D eigenvalue weighted by molar-refractivity contribution is 0.0764. The number of aromatic nitrogens is 2. The highest BCUT2D eigenvalue weighted by Crippen LogP contribution is 2.19. The highest BCUT2D eigenvalue weighted by Gasteiger charge is 2.30. The van der Waals surface area contributed by atoms with E-state index in [1.165, 1.54) is 48.9 Å². The zero-order chi connectivity index (χ0) is 23.0. The van der Waals surface area contributed by atoms with Crippen LogP contribution in [-0.2, 0) is 27.1 Å². The van der Waals surface area contributed by atoms with E-state index in [4.69, 9.17) is 0 Å². The Bertz CT molecular complexity index is 1150. The van der Waals surface area contributed by atoms with Crippen LogP contribution >= 0.6 is 0 Å². The Labute approximate surface area is 183 Å². The SMILES string of the molecule is Cc1nc(S(=O)(=O)N2CCCN(C(=O)c3ccc(S(=O)(=O)N(C)C)cc3)CC2)cn1C. The molecule has 1 aliphatic rings. The predicted molar refractivity (Wildman–Crippen MR) is 115 cm³/mol. The van der Waals surface area contributed by atoms with Gasteiger partial charge < -0.3 is 9.47 Å². The summed E-state index contributed by atoms with van der Waals surface area (Å²) in [7, 11) is -2.69. The molecule has 10 nitrogen and oxygen atoms in total. The van der Waals surface area contributed by atoms with E-state index in [-0.39, 0.29) is 28.9 Å². The Kier molecular flexibility index (Phi) is 6.56. The Morgan fingerprint density at radius 1 is 1.00 bits per heavy atom. The lowest BCUT2D eigenvalue weighted by Crippen LogP contribution is -2.37. The Balaban J connectivity index is 1.72. The van der Waals surface area contributed by atoms with Crippen molar-refractivity contribution in [1.82, 2.24) is 23.1 Å². The quantitative estimate of drug-likeness (QED) is 0.631. The van der Waals surface area contributed by atoms with Gasteiger partial charge in [0.25, 0.3) is 15.9 Å². The van der Waals surface area contributed by atoms with Gasteiger partial charge in [0.05, 0.1) is 4.90 Å². The molecule has 1 fully saturated rings. The number of aryl methyl sites for hydroxylation is 2. The molecule has 1 aromatic carbocycles. The van der Waals surface area contributed by atoms with Gasteiger partial charge in [0.15, 0.2) is 5.03 Å². The average Bonchev–Trinajstić information content (AvgIpc) is 2.93. The summed E-state index contributed by atoms with van der Waals surface area (Å²) < 4.78 is 54.3. The van der Waals surface area contributed by atoms with E-state index in [1.807, 2.05) is 0 Å². The van der Waals surface area contributed by atoms with E-state index in [0.29, 0.717) is 30.9 Å². The number of sulfonamides is 2. The highest BCUT2D eigenvalue weighted by molar-refractivity contribution is 7.89. The topological polar surface area (TPSA) is 113 Å². The number of carbonyl (C=O) groups excluding carboxylic acids is 1. The fourth-order valence-corrected chi connectivity index (χ4v) is 5.68. The number of amides is 1. The number of hydrogen-bond donors (Lipinski definition) is 0. The first-order valence-corrected chi connectivity index (χ1v) is 12.6. The van der Waals surface area contributed by atoms with Crippen LogP contribution in [0.2, 0.25) is 0 Å². The van der Waals surface area contributed by atoms with Crippen molar-refractivity contribution in [3.8, 4) is 0 Å². The maximum absolute atomic E-state index is 12.9. The van der Waals surface area contributed by atoms with Gasteiger partial charge in [-0.3, -0.25) is 4.79 Å². The average molecular weight is 470 g/mol. The molecule has 0 N–H and O–H groups in total. The number of carbonyl (C=O) groups is 1. The van der Waals surface area contributed by atoms with E-state index in [2.05, 4.69) is 4.98 Å². The fourth-order valence-electron chi connectivity index (χ4n) is 3.28. The van der Waals surface area contributed by atoms with Crippen molar-refractivity contribution in [1.29, 1.82) is 0 Å². The van der Waals surface area contributed by atoms with E-state index in [9.17, 15) is 21.6 Å². The van der Waals surface area contributed by atoms with Crippen molar-refractivity contribution in [2.24, 2.45) is 7.05 Å². The van der Waals surface area contributed by atoms with E-state index in [0.717, 1.165) is 4.31 Å². The maximum atomic E-state index is 12.9. The fraction of sp³-hybridized carbons (Fsp3) is 0.474. The van der Waals surface area contributed by atoms with Crippen LogP contribution in [0.15, 0.2) is 40.4 Å². The second-order valence-electron chi connectivity index (χ2n) is 7.60. The molecule has 170 valence electrons. The van der Waals surface area contributed by atoms with Crippen LogP contribution in [0.4, 0.5) is 0 Å². The van der Waals surface area contributed by atoms with Crippen LogP contribution in [0, 0.1) is 6.92 Å². The number of imidazole rings is 1. The standard InChI is InChI=1S/C19H27N5O5S2/c1-15-20-18(14-22(15)4)31(28,29)24-11-5-10-23(12-13-24)19(25)16-6-8-17(9-7-16)30(26,27)21(2)3/h6-9,14H,5,10-13H2,1-4H3. The van der Waals surface area contributed by atoms with Gasteiger partial charge in [0, 0.05) is 59.1 Å². The van der Waals surface area contributed by atoms with E-state index < -0.39 is 20.0 Å². The van der Waals surface area contributed by atoms with E-state index in [1.54, 1.807) is 23.4 Å². The van der Waals surface area contributed by atoms with Crippen LogP contribution in [-0.4, -0.2) is 86.1 Å². The lowest BCUT2D eigenvalue weighted by atomic mass is 10.2. The number of benzene rings is 1. The van der Waals surface area contributed by atoms with Crippen LogP contribution in [0.1, 0.15) is 22.6 Å². The second kappa shape index (κ2) is 8.69. The molecule has 0 atom stereocenters. The Morgan fingerprint density at radius 2 is 1.65 bits per heavy atom. The van der Waals surface area contributed by atoms with Gasteiger partial charge in [-0.25, -0.2) is 26.1 Å². The number of nitrogens with zero attached hydrogens (tertiary/aromatic N) is 5. The molecule has 0 radical (unpaired) electrons. The van der Waals surface area contributed by atoms with Crippen molar-refractivity contribution >= 4 is 26.0 Å². The van der Waals surface area contributed by atoms with Crippen LogP contribution < -0.4 is 0 Å². The molecule has 2 heterocycles. The Hall–Kier alpha value is -2.28. The summed E-state index contributed by atoms with van der Waals surface area (Å²) in [5, 5.41) is 0.00460. The molecule has 0 aliphatic carbocycles. The molecule has 0 bridgehead atoms. The monoisotopic (exact) mass is 469 g/mol. The van der Waals surface area contributed by atoms with Crippen molar-refractivity contribution in [3.05, 3.63) is 41.9 Å². The molecule has 3 rings (SSSR count). The first-order chi connectivity index (χ1) is 14.4. The zero-order valence-corrected chi connectivity index (χ0v) is 19.6. The first kappa shape index (κ1) is 23.4. The lowest BCUT2D eigenvalue weighted by Gasteiger charge is -2.21. The number of hydrogen-bond acceptors (Lipinski definition) is 6. The predicted octanol–water partition coefficient (Wildman–Crippen LogP) is 0.516. The second-order valence-corrected chi connectivity index (χ2v) is 11.6. The normalized spacial score (nSPS) is 16.5. The summed E-state index contributed by atoms with van der Waals surface area (Å²) in [5.74, 6) is 0.339. The molecule has 0 saturated carbocycles. The van der Waals surface area contributed by atoms with Crippen LogP contribution in [0.3, 0.4) is 0 Å². The van der Waals surface area contributed by atoms with Gasteiger partial charge in [-0.05, 0) is 37.6 Å². The summed E-state index contributed by atoms with van der Waals surface area (Å²) in [5.41, 5.74) is 0.356. The van der Waals surface area contributed by atoms with Crippen molar-refractivity contribution < 1.29 is 21.6 Å². The number of rotatable bonds is 5. The zero-order valence-electron chi connectivity index (χ0n) is 18.0. The molecule has 2 aromatic rings. The van der Waals surface area contributed by atoms with Crippen LogP contribution in [0.5, 0.6) is 0 Å². The maximum Gasteiger partial charge on any atom is 0.262 e. The largest absolute Gasteiger partial charge is 0.337 e. The summed E-state index contributed by atoms with van der Waals surface area (Å²) in [4.78, 5) is 18.7.